The number of ketones is 1. The number of aryl methyl sites for hydroxylation is 1. The number of halogens is 2. The fourth-order valence-corrected chi connectivity index (χ4v) is 5.00. The van der Waals surface area contributed by atoms with E-state index in [9.17, 15) is 18.8 Å². The molecule has 0 saturated heterocycles. The first-order valence-electron chi connectivity index (χ1n) is 12.2. The molecule has 0 spiro atoms. The number of rotatable bonds is 8. The lowest BCUT2D eigenvalue weighted by Crippen LogP contribution is -2.14. The number of carbonyl (C=O) groups excluding carboxylic acids is 1. The molecule has 1 unspecified atom stereocenters. The Morgan fingerprint density at radius 1 is 1.03 bits per heavy atom. The predicted molar refractivity (Wildman–Crippen MR) is 132 cm³/mol. The Bertz CT molecular complexity index is 1200. The van der Waals surface area contributed by atoms with Crippen LogP contribution in [0.5, 0.6) is 0 Å². The standard InChI is InChI=1S/C29H30F2N2O2/c1-19-15-23(13-14-32-19)28(33-35)18-26(25-12-11-24(30)17-27(25)31)21-7-9-22(10-8-21)29(34)16-20-5-3-2-4-6-20/h7-15,17,20,26,35H,2-6,16,18H2,1H3/b33-28+. The number of aromatic nitrogens is 1. The van der Waals surface area contributed by atoms with Crippen molar-refractivity contribution < 1.29 is 18.8 Å². The first-order chi connectivity index (χ1) is 16.9. The summed E-state index contributed by atoms with van der Waals surface area (Å²) in [5.74, 6) is -1.30. The van der Waals surface area contributed by atoms with Gasteiger partial charge < -0.3 is 5.21 Å². The molecular formula is C29H30F2N2O2. The molecule has 3 aromatic rings. The maximum Gasteiger partial charge on any atom is 0.163 e. The fraction of sp³-hybridized carbons (Fsp3) is 0.345. The van der Waals surface area contributed by atoms with E-state index in [4.69, 9.17) is 0 Å². The monoisotopic (exact) mass is 476 g/mol. The highest BCUT2D eigenvalue weighted by Gasteiger charge is 2.23. The highest BCUT2D eigenvalue weighted by Crippen LogP contribution is 2.33. The minimum atomic E-state index is -0.671. The summed E-state index contributed by atoms with van der Waals surface area (Å²) in [4.78, 5) is 17.0. The van der Waals surface area contributed by atoms with Crippen molar-refractivity contribution in [3.05, 3.63) is 100 Å². The van der Waals surface area contributed by atoms with Gasteiger partial charge in [0.15, 0.2) is 5.78 Å². The van der Waals surface area contributed by atoms with Gasteiger partial charge in [0, 0.05) is 47.8 Å². The maximum absolute atomic E-state index is 14.9. The average molecular weight is 477 g/mol. The Balaban J connectivity index is 1.62. The third-order valence-corrected chi connectivity index (χ3v) is 6.92. The highest BCUT2D eigenvalue weighted by atomic mass is 19.1. The molecule has 6 heteroatoms. The van der Waals surface area contributed by atoms with E-state index < -0.39 is 17.6 Å². The molecule has 0 radical (unpaired) electrons. The topological polar surface area (TPSA) is 62.5 Å². The Kier molecular flexibility index (Phi) is 8.01. The van der Waals surface area contributed by atoms with E-state index in [-0.39, 0.29) is 12.2 Å². The molecule has 1 fully saturated rings. The van der Waals surface area contributed by atoms with Gasteiger partial charge in [0.1, 0.15) is 11.6 Å². The average Bonchev–Trinajstić information content (AvgIpc) is 2.86. The molecule has 0 aliphatic heterocycles. The maximum atomic E-state index is 14.9. The Morgan fingerprint density at radius 2 is 1.77 bits per heavy atom. The van der Waals surface area contributed by atoms with E-state index in [1.807, 2.05) is 19.1 Å². The van der Waals surface area contributed by atoms with Gasteiger partial charge in [-0.1, -0.05) is 67.6 Å². The predicted octanol–water partition coefficient (Wildman–Crippen LogP) is 7.22. The largest absolute Gasteiger partial charge is 0.411 e. The van der Waals surface area contributed by atoms with Crippen molar-refractivity contribution >= 4 is 11.5 Å². The van der Waals surface area contributed by atoms with Crippen molar-refractivity contribution in [1.29, 1.82) is 0 Å². The number of nitrogens with zero attached hydrogens (tertiary/aromatic N) is 2. The minimum Gasteiger partial charge on any atom is -0.411 e. The minimum absolute atomic E-state index is 0.123. The summed E-state index contributed by atoms with van der Waals surface area (Å²) in [6.07, 6.45) is 8.19. The second-order valence-corrected chi connectivity index (χ2v) is 9.41. The lowest BCUT2D eigenvalue weighted by Gasteiger charge is -2.21. The second-order valence-electron chi connectivity index (χ2n) is 9.41. The fourth-order valence-electron chi connectivity index (χ4n) is 5.00. The Labute approximate surface area is 204 Å². The van der Waals surface area contributed by atoms with Gasteiger partial charge in [-0.2, -0.15) is 0 Å². The van der Waals surface area contributed by atoms with E-state index in [0.29, 0.717) is 34.7 Å². The smallest absolute Gasteiger partial charge is 0.163 e. The lowest BCUT2D eigenvalue weighted by atomic mass is 9.83. The van der Waals surface area contributed by atoms with E-state index in [2.05, 4.69) is 10.1 Å². The number of benzene rings is 2. The lowest BCUT2D eigenvalue weighted by molar-refractivity contribution is 0.0950. The zero-order chi connectivity index (χ0) is 24.8. The number of hydrogen-bond donors (Lipinski definition) is 1. The van der Waals surface area contributed by atoms with Crippen molar-refractivity contribution in [2.45, 2.75) is 57.8 Å². The van der Waals surface area contributed by atoms with E-state index in [1.54, 1.807) is 30.5 Å². The van der Waals surface area contributed by atoms with E-state index >= 15 is 0 Å². The zero-order valence-corrected chi connectivity index (χ0v) is 19.9. The number of carbonyl (C=O) groups is 1. The first-order valence-corrected chi connectivity index (χ1v) is 12.2. The summed E-state index contributed by atoms with van der Waals surface area (Å²) in [5, 5.41) is 13.3. The van der Waals surface area contributed by atoms with Crippen LogP contribution in [0, 0.1) is 24.5 Å². The van der Waals surface area contributed by atoms with Crippen molar-refractivity contribution in [3.8, 4) is 0 Å². The molecule has 1 N–H and O–H groups in total. The van der Waals surface area contributed by atoms with Gasteiger partial charge in [-0.3, -0.25) is 9.78 Å². The van der Waals surface area contributed by atoms with Crippen LogP contribution in [-0.4, -0.2) is 21.7 Å². The van der Waals surface area contributed by atoms with Gasteiger partial charge in [-0.05, 0) is 42.2 Å². The second kappa shape index (κ2) is 11.3. The van der Waals surface area contributed by atoms with Crippen molar-refractivity contribution in [2.24, 2.45) is 11.1 Å². The Morgan fingerprint density at radius 3 is 2.43 bits per heavy atom. The van der Waals surface area contributed by atoms with Crippen LogP contribution in [0.15, 0.2) is 65.9 Å². The molecule has 1 saturated carbocycles. The molecule has 2 aromatic carbocycles. The number of oxime groups is 1. The third kappa shape index (κ3) is 6.18. The molecule has 1 heterocycles. The van der Waals surface area contributed by atoms with Crippen LogP contribution in [-0.2, 0) is 0 Å². The summed E-state index contributed by atoms with van der Waals surface area (Å²) in [6, 6.07) is 14.2. The Hall–Kier alpha value is -3.41. The molecule has 0 bridgehead atoms. The molecule has 4 rings (SSSR count). The summed E-state index contributed by atoms with van der Waals surface area (Å²) in [7, 11) is 0. The molecule has 4 nitrogen and oxygen atoms in total. The molecule has 1 aliphatic carbocycles. The van der Waals surface area contributed by atoms with Crippen molar-refractivity contribution in [3.63, 3.8) is 0 Å². The van der Waals surface area contributed by atoms with Gasteiger partial charge in [-0.15, -0.1) is 0 Å². The van der Waals surface area contributed by atoms with Crippen molar-refractivity contribution in [2.75, 3.05) is 0 Å². The van der Waals surface area contributed by atoms with Crippen LogP contribution in [0.4, 0.5) is 8.78 Å². The van der Waals surface area contributed by atoms with Crippen LogP contribution in [0.2, 0.25) is 0 Å². The molecule has 1 aliphatic rings. The van der Waals surface area contributed by atoms with Gasteiger partial charge in [0.05, 0.1) is 5.71 Å². The molecule has 182 valence electrons. The SMILES string of the molecule is Cc1cc(/C(CC(c2ccc(C(=O)CC3CCCCC3)cc2)c2ccc(F)cc2F)=N/O)ccn1. The van der Waals surface area contributed by atoms with Gasteiger partial charge in [0.25, 0.3) is 0 Å². The van der Waals surface area contributed by atoms with Crippen LogP contribution in [0.1, 0.15) is 83.6 Å². The van der Waals surface area contributed by atoms with E-state index in [1.165, 1.54) is 31.4 Å². The van der Waals surface area contributed by atoms with Crippen LogP contribution >= 0.6 is 0 Å². The number of Topliss-reactive ketones (excluding diaryl/α,β-unsaturated/α-hetero) is 1. The molecule has 1 atom stereocenters. The van der Waals surface area contributed by atoms with Gasteiger partial charge in [-0.25, -0.2) is 8.78 Å². The third-order valence-electron chi connectivity index (χ3n) is 6.92. The van der Waals surface area contributed by atoms with E-state index in [0.717, 1.165) is 30.2 Å². The first kappa shape index (κ1) is 24.7. The molecule has 1 aromatic heterocycles. The normalized spacial score (nSPS) is 15.7. The quantitative estimate of drug-likeness (QED) is 0.162. The van der Waals surface area contributed by atoms with Gasteiger partial charge >= 0.3 is 0 Å². The van der Waals surface area contributed by atoms with Crippen LogP contribution in [0.3, 0.4) is 0 Å². The number of pyridine rings is 1. The zero-order valence-electron chi connectivity index (χ0n) is 19.9. The molecule has 35 heavy (non-hydrogen) atoms. The summed E-state index contributed by atoms with van der Waals surface area (Å²) in [6.45, 7) is 1.83. The highest BCUT2D eigenvalue weighted by molar-refractivity contribution is 6.01. The summed E-state index contributed by atoms with van der Waals surface area (Å²) >= 11 is 0. The van der Waals surface area contributed by atoms with Gasteiger partial charge in [0.2, 0.25) is 0 Å². The number of hydrogen-bond acceptors (Lipinski definition) is 4. The summed E-state index contributed by atoms with van der Waals surface area (Å²) < 4.78 is 28.5. The molecule has 0 amide bonds. The van der Waals surface area contributed by atoms with Crippen LogP contribution < -0.4 is 0 Å². The molecular weight excluding hydrogens is 446 g/mol. The summed E-state index contributed by atoms with van der Waals surface area (Å²) in [5.41, 5.74) is 3.47. The van der Waals surface area contributed by atoms with Crippen LogP contribution in [0.25, 0.3) is 0 Å². The van der Waals surface area contributed by atoms with Crippen molar-refractivity contribution in [1.82, 2.24) is 4.98 Å².